The molecule has 0 bridgehead atoms. The highest BCUT2D eigenvalue weighted by atomic mass is 16.3. The molecule has 0 amide bonds. The summed E-state index contributed by atoms with van der Waals surface area (Å²) in [7, 11) is 0. The van der Waals surface area contributed by atoms with Crippen molar-refractivity contribution >= 4 is 116 Å². The smallest absolute Gasteiger partial charge is 0.145 e. The van der Waals surface area contributed by atoms with Crippen LogP contribution >= 0.6 is 0 Å². The number of para-hydroxylation sites is 6. The molecule has 76 heavy (non-hydrogen) atoms. The molecule has 5 aromatic heterocycles. The zero-order valence-corrected chi connectivity index (χ0v) is 40.4. The predicted molar refractivity (Wildman–Crippen MR) is 306 cm³/mol. The largest absolute Gasteiger partial charge is 0.459 e. The van der Waals surface area contributed by atoms with Gasteiger partial charge in [-0.25, -0.2) is 0 Å². The van der Waals surface area contributed by atoms with Gasteiger partial charge in [0.25, 0.3) is 0 Å². The number of hydrogen-bond donors (Lipinski definition) is 0. The zero-order valence-electron chi connectivity index (χ0n) is 40.4. The van der Waals surface area contributed by atoms with Gasteiger partial charge in [0.15, 0.2) is 0 Å². The van der Waals surface area contributed by atoms with Gasteiger partial charge in [0.05, 0.1) is 83.7 Å². The molecule has 6 heterocycles. The number of anilines is 2. The van der Waals surface area contributed by atoms with Crippen molar-refractivity contribution in [2.24, 2.45) is 0 Å². The molecule has 1 aliphatic carbocycles. The van der Waals surface area contributed by atoms with Crippen molar-refractivity contribution in [1.29, 1.82) is 10.5 Å². The lowest BCUT2D eigenvalue weighted by molar-refractivity contribution is 0.507. The summed E-state index contributed by atoms with van der Waals surface area (Å²) in [6.45, 7) is 0. The third-order valence-corrected chi connectivity index (χ3v) is 16.4. The highest BCUT2D eigenvalue weighted by molar-refractivity contribution is 6.29. The van der Waals surface area contributed by atoms with Crippen molar-refractivity contribution in [2.45, 2.75) is 12.0 Å². The van der Waals surface area contributed by atoms with Crippen molar-refractivity contribution in [3.05, 3.63) is 240 Å². The van der Waals surface area contributed by atoms with Gasteiger partial charge < -0.3 is 27.4 Å². The van der Waals surface area contributed by atoms with Gasteiger partial charge in [0.2, 0.25) is 0 Å². The van der Waals surface area contributed by atoms with E-state index in [4.69, 9.17) is 8.83 Å². The number of rotatable bonds is 4. The van der Waals surface area contributed by atoms with Gasteiger partial charge in [0.1, 0.15) is 34.6 Å². The molecule has 2 atom stereocenters. The van der Waals surface area contributed by atoms with Crippen LogP contribution in [0.15, 0.2) is 221 Å². The van der Waals surface area contributed by atoms with Crippen LogP contribution in [0.1, 0.15) is 33.9 Å². The first-order chi connectivity index (χ1) is 37.7. The van der Waals surface area contributed by atoms with E-state index < -0.39 is 0 Å². The summed E-state index contributed by atoms with van der Waals surface area (Å²) in [5.74, 6) is 0.928. The Kier molecular flexibility index (Phi) is 8.10. The van der Waals surface area contributed by atoms with Crippen molar-refractivity contribution in [2.75, 3.05) is 4.90 Å². The molecular formula is C68H38N6O2. The van der Waals surface area contributed by atoms with Gasteiger partial charge >= 0.3 is 0 Å². The van der Waals surface area contributed by atoms with Crippen molar-refractivity contribution in [1.82, 2.24) is 13.7 Å². The average molecular weight is 971 g/mol. The SMILES string of the molecule is N#Cc1cc(-n2c3ccccc3c3c4oc5c(ccc6c5c5ccccc5n6-c5ccccc5)c4ccc32)c(C#N)cc1-n1c2ccccc2c2c3oc4c(c3ccc21)C=CC1C4c2ccccc2N1c1ccccc1. The van der Waals surface area contributed by atoms with Gasteiger partial charge in [-0.2, -0.15) is 10.5 Å². The summed E-state index contributed by atoms with van der Waals surface area (Å²) in [4.78, 5) is 2.43. The maximum Gasteiger partial charge on any atom is 0.145 e. The summed E-state index contributed by atoms with van der Waals surface area (Å²) < 4.78 is 21.0. The van der Waals surface area contributed by atoms with Crippen LogP contribution in [0.25, 0.3) is 121 Å². The van der Waals surface area contributed by atoms with E-state index in [9.17, 15) is 10.5 Å². The first kappa shape index (κ1) is 41.0. The first-order valence-electron chi connectivity index (χ1n) is 25.6. The molecule has 10 aromatic carbocycles. The first-order valence-corrected chi connectivity index (χ1v) is 25.6. The Hall–Kier alpha value is -10.5. The standard InChI is InChI=1S/C68H38N6O2/c69-37-39-36-60(74-54-26-14-10-22-50(54)64-58(74)34-30-46-44-28-32-56-62(66(44)76-68(46)64)48-20-8-12-24-52(48)72(56)42-17-5-2-6-18-42)40(38-70)35-59(39)73-53-25-13-9-21-49(53)63-57(73)33-29-45-43-27-31-55-61(65(43)75-67(45)63)47-19-7-11-23-51(47)71(55)41-15-3-1-4-16-41/h1-36,55,61H. The second-order valence-corrected chi connectivity index (χ2v) is 20.1. The molecule has 0 N–H and O–H groups in total. The fourth-order valence-corrected chi connectivity index (χ4v) is 13.4. The van der Waals surface area contributed by atoms with Gasteiger partial charge in [-0.1, -0.05) is 121 Å². The van der Waals surface area contributed by atoms with Gasteiger partial charge in [-0.15, -0.1) is 0 Å². The van der Waals surface area contributed by atoms with E-state index in [0.717, 1.165) is 121 Å². The van der Waals surface area contributed by atoms with Gasteiger partial charge in [-0.05, 0) is 103 Å². The second-order valence-electron chi connectivity index (χ2n) is 20.1. The molecule has 0 spiro atoms. The summed E-state index contributed by atoms with van der Waals surface area (Å²) in [6, 6.07) is 76.7. The quantitative estimate of drug-likeness (QED) is 0.175. The second kappa shape index (κ2) is 15.0. The minimum absolute atomic E-state index is 0.0176. The van der Waals surface area contributed by atoms with Crippen LogP contribution in [0, 0.1) is 22.7 Å². The highest BCUT2D eigenvalue weighted by Crippen LogP contribution is 2.54. The normalized spacial score (nSPS) is 15.0. The van der Waals surface area contributed by atoms with Crippen LogP contribution in [0.2, 0.25) is 0 Å². The highest BCUT2D eigenvalue weighted by Gasteiger charge is 2.44. The lowest BCUT2D eigenvalue weighted by atomic mass is 9.85. The van der Waals surface area contributed by atoms with Crippen molar-refractivity contribution in [3.63, 3.8) is 0 Å². The molecule has 0 radical (unpaired) electrons. The van der Waals surface area contributed by atoms with Gasteiger partial charge in [-0.3, -0.25) is 0 Å². The zero-order chi connectivity index (χ0) is 49.9. The Morgan fingerprint density at radius 3 is 1.41 bits per heavy atom. The third-order valence-electron chi connectivity index (χ3n) is 16.4. The minimum Gasteiger partial charge on any atom is -0.459 e. The number of aromatic nitrogens is 3. The number of nitriles is 2. The molecule has 15 aromatic rings. The lowest BCUT2D eigenvalue weighted by Crippen LogP contribution is -2.30. The van der Waals surface area contributed by atoms with E-state index in [-0.39, 0.29) is 12.0 Å². The van der Waals surface area contributed by atoms with E-state index in [1.807, 2.05) is 36.4 Å². The van der Waals surface area contributed by atoms with Crippen LogP contribution in [-0.4, -0.2) is 19.7 Å². The molecule has 352 valence electrons. The molecule has 8 heteroatoms. The molecule has 0 saturated carbocycles. The van der Waals surface area contributed by atoms with E-state index in [2.05, 4.69) is 213 Å². The Morgan fingerprint density at radius 2 is 0.842 bits per heavy atom. The monoisotopic (exact) mass is 970 g/mol. The fourth-order valence-electron chi connectivity index (χ4n) is 13.4. The fraction of sp³-hybridized carbons (Fsp3) is 0.0294. The van der Waals surface area contributed by atoms with Crippen LogP contribution < -0.4 is 4.90 Å². The molecule has 8 nitrogen and oxygen atoms in total. The van der Waals surface area contributed by atoms with Crippen molar-refractivity contribution in [3.8, 4) is 29.2 Å². The molecular weight excluding hydrogens is 933 g/mol. The number of nitrogens with zero attached hydrogens (tertiary/aromatic N) is 6. The maximum atomic E-state index is 11.3. The molecule has 0 saturated heterocycles. The Labute approximate surface area is 433 Å². The summed E-state index contributed by atoms with van der Waals surface area (Å²) in [5.41, 5.74) is 16.0. The molecule has 1 aliphatic heterocycles. The molecule has 17 rings (SSSR count). The van der Waals surface area contributed by atoms with E-state index in [1.54, 1.807) is 0 Å². The molecule has 2 aliphatic rings. The molecule has 2 unspecified atom stereocenters. The minimum atomic E-state index is -0.0176. The average Bonchev–Trinajstić information content (AvgIpc) is 4.38. The number of furan rings is 2. The Balaban J connectivity index is 0.861. The summed E-state index contributed by atoms with van der Waals surface area (Å²) in [5, 5.41) is 31.7. The third kappa shape index (κ3) is 5.24. The Morgan fingerprint density at radius 1 is 0.382 bits per heavy atom. The Bertz CT molecular complexity index is 5170. The van der Waals surface area contributed by atoms with Crippen LogP contribution in [0.3, 0.4) is 0 Å². The summed E-state index contributed by atoms with van der Waals surface area (Å²) >= 11 is 0. The van der Waals surface area contributed by atoms with Crippen LogP contribution in [0.4, 0.5) is 11.4 Å². The predicted octanol–water partition coefficient (Wildman–Crippen LogP) is 17.0. The summed E-state index contributed by atoms with van der Waals surface area (Å²) in [6.07, 6.45) is 4.56. The molecule has 0 fully saturated rings. The lowest BCUT2D eigenvalue weighted by Gasteiger charge is -2.29. The topological polar surface area (TPSA) is 91.9 Å². The van der Waals surface area contributed by atoms with E-state index in [0.29, 0.717) is 22.5 Å². The van der Waals surface area contributed by atoms with Crippen LogP contribution in [-0.2, 0) is 0 Å². The number of hydrogen-bond acceptors (Lipinski definition) is 5. The van der Waals surface area contributed by atoms with Crippen molar-refractivity contribution < 1.29 is 8.83 Å². The van der Waals surface area contributed by atoms with E-state index >= 15 is 0 Å². The van der Waals surface area contributed by atoms with Gasteiger partial charge in [0, 0.05) is 54.9 Å². The van der Waals surface area contributed by atoms with E-state index in [1.165, 1.54) is 11.3 Å². The maximum absolute atomic E-state index is 11.3. The number of benzene rings is 10. The van der Waals surface area contributed by atoms with Crippen LogP contribution in [0.5, 0.6) is 0 Å². The number of fused-ring (bicyclic) bond motifs is 22.